The van der Waals surface area contributed by atoms with Gasteiger partial charge in [0.2, 0.25) is 0 Å². The SMILES string of the molecule is O=c1[nH]ccc2cc(OC3CCC(NCc4ccccc4)(C4CC4)CC3)c(Cl)cc12. The number of pyridine rings is 1. The largest absolute Gasteiger partial charge is 0.489 e. The molecule has 3 aromatic rings. The van der Waals surface area contributed by atoms with E-state index in [1.165, 1.54) is 18.4 Å². The number of H-pyrrole nitrogens is 1. The predicted octanol–water partition coefficient (Wildman–Crippen LogP) is 5.44. The summed E-state index contributed by atoms with van der Waals surface area (Å²) in [5.74, 6) is 1.47. The van der Waals surface area contributed by atoms with E-state index in [-0.39, 0.29) is 17.2 Å². The molecule has 2 fully saturated rings. The number of ether oxygens (including phenoxy) is 1. The molecule has 2 aliphatic rings. The minimum atomic E-state index is -0.127. The Labute approximate surface area is 181 Å². The fraction of sp³-hybridized carbons (Fsp3) is 0.400. The van der Waals surface area contributed by atoms with Gasteiger partial charge in [0, 0.05) is 23.7 Å². The van der Waals surface area contributed by atoms with Gasteiger partial charge in [0.25, 0.3) is 5.56 Å². The summed E-state index contributed by atoms with van der Waals surface area (Å²) in [6, 6.07) is 16.1. The first-order valence-electron chi connectivity index (χ1n) is 10.9. The molecule has 0 bridgehead atoms. The number of halogens is 1. The van der Waals surface area contributed by atoms with Gasteiger partial charge >= 0.3 is 0 Å². The summed E-state index contributed by atoms with van der Waals surface area (Å²) in [5, 5.41) is 5.87. The summed E-state index contributed by atoms with van der Waals surface area (Å²) in [4.78, 5) is 14.7. The molecule has 0 unspecified atom stereocenters. The summed E-state index contributed by atoms with van der Waals surface area (Å²) >= 11 is 6.44. The number of hydrogen-bond donors (Lipinski definition) is 2. The van der Waals surface area contributed by atoms with Gasteiger partial charge < -0.3 is 15.0 Å². The Balaban J connectivity index is 1.26. The fourth-order valence-corrected chi connectivity index (χ4v) is 5.13. The first kappa shape index (κ1) is 19.7. The van der Waals surface area contributed by atoms with Crippen LogP contribution in [0.1, 0.15) is 44.1 Å². The Morgan fingerprint density at radius 2 is 1.83 bits per heavy atom. The summed E-state index contributed by atoms with van der Waals surface area (Å²) < 4.78 is 6.32. The van der Waals surface area contributed by atoms with Crippen LogP contribution in [0.25, 0.3) is 10.8 Å². The van der Waals surface area contributed by atoms with Crippen molar-refractivity contribution >= 4 is 22.4 Å². The smallest absolute Gasteiger partial charge is 0.255 e. The molecule has 30 heavy (non-hydrogen) atoms. The summed E-state index contributed by atoms with van der Waals surface area (Å²) in [6.45, 7) is 0.925. The maximum Gasteiger partial charge on any atom is 0.255 e. The molecule has 2 aromatic carbocycles. The minimum absolute atomic E-state index is 0.127. The molecular formula is C25H27ClN2O2. The highest BCUT2D eigenvalue weighted by molar-refractivity contribution is 6.32. The second kappa shape index (κ2) is 8.09. The highest BCUT2D eigenvalue weighted by atomic mass is 35.5. The van der Waals surface area contributed by atoms with Gasteiger partial charge in [-0.05, 0) is 73.6 Å². The summed E-state index contributed by atoms with van der Waals surface area (Å²) in [5.41, 5.74) is 1.45. The van der Waals surface area contributed by atoms with Gasteiger partial charge in [0.1, 0.15) is 5.75 Å². The molecule has 0 spiro atoms. The van der Waals surface area contributed by atoms with Crippen LogP contribution in [0.2, 0.25) is 5.02 Å². The summed E-state index contributed by atoms with van der Waals surface area (Å²) in [7, 11) is 0. The van der Waals surface area contributed by atoms with E-state index in [1.54, 1.807) is 12.3 Å². The first-order valence-corrected chi connectivity index (χ1v) is 11.3. The number of fused-ring (bicyclic) bond motifs is 1. The van der Waals surface area contributed by atoms with E-state index in [0.29, 0.717) is 16.2 Å². The molecule has 2 aliphatic carbocycles. The van der Waals surface area contributed by atoms with E-state index in [9.17, 15) is 4.79 Å². The summed E-state index contributed by atoms with van der Waals surface area (Å²) in [6.07, 6.45) is 8.76. The van der Waals surface area contributed by atoms with Gasteiger partial charge in [0.05, 0.1) is 11.1 Å². The number of rotatable bonds is 6. The molecule has 0 atom stereocenters. The normalized spacial score (nSPS) is 24.1. The second-order valence-electron chi connectivity index (χ2n) is 8.76. The molecule has 1 heterocycles. The van der Waals surface area contributed by atoms with E-state index in [4.69, 9.17) is 16.3 Å². The zero-order valence-corrected chi connectivity index (χ0v) is 17.8. The molecule has 2 N–H and O–H groups in total. The zero-order chi connectivity index (χ0) is 20.6. The van der Waals surface area contributed by atoms with Crippen LogP contribution in [-0.4, -0.2) is 16.6 Å². The number of nitrogens with one attached hydrogen (secondary N) is 2. The Kier molecular flexibility index (Phi) is 5.30. The van der Waals surface area contributed by atoms with Gasteiger partial charge in [0.15, 0.2) is 0 Å². The standard InChI is InChI=1S/C25H27ClN2O2/c26-22-15-21-18(10-13-27-24(21)29)14-23(22)30-20-8-11-25(12-9-20,19-6-7-19)28-16-17-4-2-1-3-5-17/h1-5,10,13-15,19-20,28H,6-9,11-12,16H2,(H,27,29). The number of aromatic amines is 1. The van der Waals surface area contributed by atoms with Crippen molar-refractivity contribution in [2.24, 2.45) is 5.92 Å². The monoisotopic (exact) mass is 422 g/mol. The first-order chi connectivity index (χ1) is 14.6. The van der Waals surface area contributed by atoms with Gasteiger partial charge in [-0.15, -0.1) is 0 Å². The molecule has 5 rings (SSSR count). The zero-order valence-electron chi connectivity index (χ0n) is 17.0. The lowest BCUT2D eigenvalue weighted by molar-refractivity contribution is 0.0897. The molecule has 5 heteroatoms. The predicted molar refractivity (Wildman–Crippen MR) is 121 cm³/mol. The van der Waals surface area contributed by atoms with Crippen molar-refractivity contribution in [2.75, 3.05) is 0 Å². The lowest BCUT2D eigenvalue weighted by atomic mass is 9.76. The Morgan fingerprint density at radius 1 is 1.07 bits per heavy atom. The quantitative estimate of drug-likeness (QED) is 0.556. The van der Waals surface area contributed by atoms with Gasteiger partial charge in [-0.2, -0.15) is 0 Å². The minimum Gasteiger partial charge on any atom is -0.489 e. The highest BCUT2D eigenvalue weighted by Gasteiger charge is 2.47. The van der Waals surface area contributed by atoms with E-state index < -0.39 is 0 Å². The lowest BCUT2D eigenvalue weighted by Gasteiger charge is -2.41. The van der Waals surface area contributed by atoms with E-state index in [2.05, 4.69) is 40.6 Å². The van der Waals surface area contributed by atoms with Crippen molar-refractivity contribution in [1.29, 1.82) is 0 Å². The van der Waals surface area contributed by atoms with Crippen LogP contribution in [0.3, 0.4) is 0 Å². The Hall–Kier alpha value is -2.30. The third-order valence-corrected chi connectivity index (χ3v) is 7.09. The third-order valence-electron chi connectivity index (χ3n) is 6.79. The second-order valence-corrected chi connectivity index (χ2v) is 9.17. The highest BCUT2D eigenvalue weighted by Crippen LogP contribution is 2.48. The number of benzene rings is 2. The molecule has 0 radical (unpaired) electrons. The number of hydrogen-bond acceptors (Lipinski definition) is 3. The molecule has 4 nitrogen and oxygen atoms in total. The molecule has 0 amide bonds. The lowest BCUT2D eigenvalue weighted by Crippen LogP contribution is -2.50. The Bertz CT molecular complexity index is 1080. The van der Waals surface area contributed by atoms with Crippen molar-refractivity contribution in [1.82, 2.24) is 10.3 Å². The van der Waals surface area contributed by atoms with Crippen LogP contribution in [0.15, 0.2) is 59.5 Å². The number of aromatic nitrogens is 1. The van der Waals surface area contributed by atoms with Crippen molar-refractivity contribution in [3.8, 4) is 5.75 Å². The topological polar surface area (TPSA) is 54.1 Å². The van der Waals surface area contributed by atoms with Crippen LogP contribution in [0.4, 0.5) is 0 Å². The molecular weight excluding hydrogens is 396 g/mol. The van der Waals surface area contributed by atoms with E-state index in [1.807, 2.05) is 12.1 Å². The van der Waals surface area contributed by atoms with Crippen LogP contribution in [0, 0.1) is 5.92 Å². The van der Waals surface area contributed by atoms with E-state index >= 15 is 0 Å². The van der Waals surface area contributed by atoms with Gasteiger partial charge in [-0.1, -0.05) is 41.9 Å². The van der Waals surface area contributed by atoms with Crippen LogP contribution < -0.4 is 15.6 Å². The average Bonchev–Trinajstić information content (AvgIpc) is 3.62. The van der Waals surface area contributed by atoms with Gasteiger partial charge in [-0.25, -0.2) is 0 Å². The van der Waals surface area contributed by atoms with Crippen molar-refractivity contribution < 1.29 is 4.74 Å². The maximum absolute atomic E-state index is 12.0. The molecule has 0 saturated heterocycles. The third kappa shape index (κ3) is 3.99. The molecule has 156 valence electrons. The van der Waals surface area contributed by atoms with Crippen molar-refractivity contribution in [3.63, 3.8) is 0 Å². The van der Waals surface area contributed by atoms with Gasteiger partial charge in [-0.3, -0.25) is 4.79 Å². The molecule has 0 aliphatic heterocycles. The van der Waals surface area contributed by atoms with Crippen LogP contribution >= 0.6 is 11.6 Å². The molecule has 2 saturated carbocycles. The van der Waals surface area contributed by atoms with Crippen LogP contribution in [-0.2, 0) is 6.54 Å². The van der Waals surface area contributed by atoms with E-state index in [0.717, 1.165) is 43.5 Å². The van der Waals surface area contributed by atoms with Crippen molar-refractivity contribution in [2.45, 2.75) is 56.7 Å². The maximum atomic E-state index is 12.0. The fourth-order valence-electron chi connectivity index (χ4n) is 4.92. The molecule has 1 aromatic heterocycles. The Morgan fingerprint density at radius 3 is 2.57 bits per heavy atom. The van der Waals surface area contributed by atoms with Crippen LogP contribution in [0.5, 0.6) is 5.75 Å². The van der Waals surface area contributed by atoms with Crippen molar-refractivity contribution in [3.05, 3.63) is 75.7 Å². The average molecular weight is 423 g/mol.